The van der Waals surface area contributed by atoms with E-state index in [2.05, 4.69) is 22.0 Å². The third-order valence-corrected chi connectivity index (χ3v) is 4.41. The maximum Gasteiger partial charge on any atom is 0.251 e. The summed E-state index contributed by atoms with van der Waals surface area (Å²) in [5.74, 6) is 0.534. The van der Waals surface area contributed by atoms with Crippen LogP contribution in [0.25, 0.3) is 11.3 Å². The van der Waals surface area contributed by atoms with E-state index in [1.54, 1.807) is 24.0 Å². The number of hydrogen-bond acceptors (Lipinski definition) is 4. The molecule has 0 spiro atoms. The Morgan fingerprint density at radius 1 is 1.36 bits per heavy atom. The molecule has 2 heterocycles. The van der Waals surface area contributed by atoms with Crippen molar-refractivity contribution >= 4 is 11.6 Å². The molecule has 7 heteroatoms. The number of aliphatic hydroxyl groups is 1. The molecule has 0 unspecified atom stereocenters. The first-order chi connectivity index (χ1) is 12.0. The van der Waals surface area contributed by atoms with Gasteiger partial charge < -0.3 is 10.1 Å². The number of rotatable bonds is 5. The van der Waals surface area contributed by atoms with E-state index in [1.165, 1.54) is 6.07 Å². The normalized spacial score (nSPS) is 12.3. The fourth-order valence-corrected chi connectivity index (χ4v) is 3.08. The minimum Gasteiger partial charge on any atom is -0.394 e. The first-order valence-corrected chi connectivity index (χ1v) is 8.41. The number of H-pyrrole nitrogens is 1. The highest BCUT2D eigenvalue weighted by atomic mass is 35.5. The predicted molar refractivity (Wildman–Crippen MR) is 96.9 cm³/mol. The molecule has 1 atom stereocenters. The molecule has 0 bridgehead atoms. The summed E-state index contributed by atoms with van der Waals surface area (Å²) < 4.78 is 1.64. The van der Waals surface area contributed by atoms with Crippen LogP contribution in [-0.4, -0.2) is 31.5 Å². The smallest absolute Gasteiger partial charge is 0.251 e. The quantitative estimate of drug-likeness (QED) is 0.734. The van der Waals surface area contributed by atoms with E-state index in [1.807, 2.05) is 18.2 Å². The lowest BCUT2D eigenvalue weighted by Crippen LogP contribution is -2.16. The Kier molecular flexibility index (Phi) is 5.01. The number of hydrogen-bond donors (Lipinski definition) is 2. The van der Waals surface area contributed by atoms with Crippen LogP contribution in [0.15, 0.2) is 41.5 Å². The zero-order chi connectivity index (χ0) is 18.0. The molecule has 130 valence electrons. The van der Waals surface area contributed by atoms with Gasteiger partial charge in [0.05, 0.1) is 18.5 Å². The van der Waals surface area contributed by atoms with E-state index in [0.717, 1.165) is 17.5 Å². The molecule has 3 aromatic rings. The predicted octanol–water partition coefficient (Wildman–Crippen LogP) is 2.74. The van der Waals surface area contributed by atoms with E-state index >= 15 is 0 Å². The van der Waals surface area contributed by atoms with Gasteiger partial charge in [-0.3, -0.25) is 9.48 Å². The van der Waals surface area contributed by atoms with Gasteiger partial charge in [-0.05, 0) is 30.5 Å². The fourth-order valence-electron chi connectivity index (χ4n) is 2.75. The number of halogens is 1. The largest absolute Gasteiger partial charge is 0.394 e. The summed E-state index contributed by atoms with van der Waals surface area (Å²) >= 11 is 6.39. The van der Waals surface area contributed by atoms with Crippen LogP contribution >= 0.6 is 11.6 Å². The zero-order valence-corrected chi connectivity index (χ0v) is 14.8. The van der Waals surface area contributed by atoms with Crippen molar-refractivity contribution in [2.75, 3.05) is 6.61 Å². The van der Waals surface area contributed by atoms with E-state index in [4.69, 9.17) is 11.6 Å². The van der Waals surface area contributed by atoms with Crippen molar-refractivity contribution in [1.29, 1.82) is 0 Å². The maximum absolute atomic E-state index is 11.6. The maximum atomic E-state index is 11.6. The number of benzene rings is 1. The molecule has 6 nitrogen and oxygen atoms in total. The molecule has 0 radical (unpaired) electrons. The van der Waals surface area contributed by atoms with Crippen LogP contribution in [-0.2, 0) is 6.42 Å². The van der Waals surface area contributed by atoms with Crippen LogP contribution < -0.4 is 5.56 Å². The molecule has 0 aliphatic rings. The van der Waals surface area contributed by atoms with Gasteiger partial charge in [0.2, 0.25) is 0 Å². The van der Waals surface area contributed by atoms with E-state index in [9.17, 15) is 9.90 Å². The minimum atomic E-state index is -0.407. The third-order valence-electron chi connectivity index (χ3n) is 4.08. The summed E-state index contributed by atoms with van der Waals surface area (Å²) in [6.07, 6.45) is 4.27. The van der Waals surface area contributed by atoms with Crippen molar-refractivity contribution in [3.05, 3.63) is 69.0 Å². The lowest BCUT2D eigenvalue weighted by Gasteiger charge is -2.17. The SMILES string of the molecule is CCc1ccc([C@@H](CO)n2cc(-c3cc(=O)[nH]c(C)n3)cn2)c(Cl)c1. The molecule has 25 heavy (non-hydrogen) atoms. The Hall–Kier alpha value is -2.44. The first-order valence-electron chi connectivity index (χ1n) is 8.03. The van der Waals surface area contributed by atoms with Gasteiger partial charge in [-0.1, -0.05) is 30.7 Å². The third kappa shape index (κ3) is 3.65. The Balaban J connectivity index is 1.98. The van der Waals surface area contributed by atoms with Crippen molar-refractivity contribution in [2.24, 2.45) is 0 Å². The summed E-state index contributed by atoms with van der Waals surface area (Å²) in [7, 11) is 0. The average Bonchev–Trinajstić information content (AvgIpc) is 3.06. The molecule has 1 aromatic carbocycles. The highest BCUT2D eigenvalue weighted by Crippen LogP contribution is 2.28. The van der Waals surface area contributed by atoms with Gasteiger partial charge in [-0.2, -0.15) is 5.10 Å². The van der Waals surface area contributed by atoms with Gasteiger partial charge in [0, 0.05) is 22.8 Å². The second-order valence-corrected chi connectivity index (χ2v) is 6.24. The molecular formula is C18H19ClN4O2. The number of nitrogens with zero attached hydrogens (tertiary/aromatic N) is 3. The van der Waals surface area contributed by atoms with Gasteiger partial charge in [0.25, 0.3) is 5.56 Å². The molecule has 0 aliphatic carbocycles. The fraction of sp³-hybridized carbons (Fsp3) is 0.278. The molecule has 0 amide bonds. The van der Waals surface area contributed by atoms with Gasteiger partial charge in [-0.15, -0.1) is 0 Å². The average molecular weight is 359 g/mol. The topological polar surface area (TPSA) is 83.8 Å². The molecule has 0 saturated heterocycles. The Bertz CT molecular complexity index is 948. The number of aromatic nitrogens is 4. The second kappa shape index (κ2) is 7.21. The van der Waals surface area contributed by atoms with Crippen LogP contribution in [0.1, 0.15) is 29.9 Å². The summed E-state index contributed by atoms with van der Waals surface area (Å²) in [5, 5.41) is 14.8. The van der Waals surface area contributed by atoms with E-state index in [0.29, 0.717) is 22.1 Å². The summed E-state index contributed by atoms with van der Waals surface area (Å²) in [5.41, 5.74) is 2.96. The molecule has 0 saturated carbocycles. The molecule has 2 N–H and O–H groups in total. The van der Waals surface area contributed by atoms with Crippen molar-refractivity contribution in [2.45, 2.75) is 26.3 Å². The number of aliphatic hydroxyl groups excluding tert-OH is 1. The monoisotopic (exact) mass is 358 g/mol. The first kappa shape index (κ1) is 17.4. The Morgan fingerprint density at radius 3 is 2.80 bits per heavy atom. The van der Waals surface area contributed by atoms with Gasteiger partial charge in [0.15, 0.2) is 0 Å². The Labute approximate surface area is 150 Å². The summed E-state index contributed by atoms with van der Waals surface area (Å²) in [6.45, 7) is 3.64. The van der Waals surface area contributed by atoms with Crippen molar-refractivity contribution in [3.8, 4) is 11.3 Å². The molecule has 3 rings (SSSR count). The van der Waals surface area contributed by atoms with Gasteiger partial charge >= 0.3 is 0 Å². The van der Waals surface area contributed by atoms with E-state index < -0.39 is 6.04 Å². The molecular weight excluding hydrogens is 340 g/mol. The highest BCUT2D eigenvalue weighted by molar-refractivity contribution is 6.31. The summed E-state index contributed by atoms with van der Waals surface area (Å²) in [6, 6.07) is 6.83. The molecule has 0 fully saturated rings. The van der Waals surface area contributed by atoms with Crippen molar-refractivity contribution in [3.63, 3.8) is 0 Å². The van der Waals surface area contributed by atoms with Crippen LogP contribution in [0.5, 0.6) is 0 Å². The lowest BCUT2D eigenvalue weighted by atomic mass is 10.0. The Morgan fingerprint density at radius 2 is 2.16 bits per heavy atom. The van der Waals surface area contributed by atoms with Crippen LogP contribution in [0.4, 0.5) is 0 Å². The number of aromatic amines is 1. The zero-order valence-electron chi connectivity index (χ0n) is 14.0. The number of aryl methyl sites for hydroxylation is 2. The van der Waals surface area contributed by atoms with E-state index in [-0.39, 0.29) is 12.2 Å². The van der Waals surface area contributed by atoms with Gasteiger partial charge in [-0.25, -0.2) is 4.98 Å². The van der Waals surface area contributed by atoms with Crippen LogP contribution in [0.3, 0.4) is 0 Å². The number of nitrogens with one attached hydrogen (secondary N) is 1. The van der Waals surface area contributed by atoms with Crippen LogP contribution in [0.2, 0.25) is 5.02 Å². The minimum absolute atomic E-state index is 0.145. The molecule has 0 aliphatic heterocycles. The van der Waals surface area contributed by atoms with Crippen molar-refractivity contribution < 1.29 is 5.11 Å². The highest BCUT2D eigenvalue weighted by Gasteiger charge is 2.18. The van der Waals surface area contributed by atoms with Crippen LogP contribution in [0, 0.1) is 6.92 Å². The molecule has 2 aromatic heterocycles. The van der Waals surface area contributed by atoms with Crippen molar-refractivity contribution in [1.82, 2.24) is 19.7 Å². The summed E-state index contributed by atoms with van der Waals surface area (Å²) in [4.78, 5) is 18.6. The lowest BCUT2D eigenvalue weighted by molar-refractivity contribution is 0.241. The standard InChI is InChI=1S/C18H19ClN4O2/c1-3-12-4-5-14(15(19)6-12)17(10-24)23-9-13(8-20-23)16-7-18(25)22-11(2)21-16/h4-9,17,24H,3,10H2,1-2H3,(H,21,22,25)/t17-/m1/s1. The second-order valence-electron chi connectivity index (χ2n) is 5.83. The van der Waals surface area contributed by atoms with Gasteiger partial charge in [0.1, 0.15) is 11.9 Å².